The highest BCUT2D eigenvalue weighted by Gasteiger charge is 2.26. The Labute approximate surface area is 130 Å². The summed E-state index contributed by atoms with van der Waals surface area (Å²) in [4.78, 5) is 0. The van der Waals surface area contributed by atoms with Crippen LogP contribution in [0.4, 0.5) is 0 Å². The van der Waals surface area contributed by atoms with E-state index in [4.69, 9.17) is 4.74 Å². The molecule has 2 nitrogen and oxygen atoms in total. The van der Waals surface area contributed by atoms with Gasteiger partial charge in [-0.15, -0.1) is 0 Å². The van der Waals surface area contributed by atoms with Crippen LogP contribution in [0.2, 0.25) is 0 Å². The average Bonchev–Trinajstić information content (AvgIpc) is 2.76. The van der Waals surface area contributed by atoms with Crippen molar-refractivity contribution in [2.24, 2.45) is 5.92 Å². The van der Waals surface area contributed by atoms with Gasteiger partial charge in [-0.05, 0) is 45.2 Å². The fraction of sp³-hybridized carbons (Fsp3) is 0.684. The van der Waals surface area contributed by atoms with E-state index < -0.39 is 0 Å². The van der Waals surface area contributed by atoms with Gasteiger partial charge in [-0.2, -0.15) is 0 Å². The minimum Gasteiger partial charge on any atom is -0.494 e. The van der Waals surface area contributed by atoms with Crippen LogP contribution >= 0.6 is 0 Å². The average molecular weight is 289 g/mol. The molecule has 0 radical (unpaired) electrons. The summed E-state index contributed by atoms with van der Waals surface area (Å²) >= 11 is 0. The van der Waals surface area contributed by atoms with Crippen LogP contribution in [0.15, 0.2) is 18.2 Å². The molecule has 1 saturated carbocycles. The van der Waals surface area contributed by atoms with Crippen molar-refractivity contribution in [3.63, 3.8) is 0 Å². The summed E-state index contributed by atoms with van der Waals surface area (Å²) in [7, 11) is 0. The highest BCUT2D eigenvalue weighted by molar-refractivity contribution is 5.39. The molecule has 0 spiro atoms. The third-order valence-corrected chi connectivity index (χ3v) is 4.60. The molecular formula is C19H31NO. The Bertz CT molecular complexity index is 422. The van der Waals surface area contributed by atoms with Crippen molar-refractivity contribution in [3.8, 4) is 5.75 Å². The first kappa shape index (κ1) is 16.4. The Morgan fingerprint density at radius 1 is 1.14 bits per heavy atom. The molecule has 2 rings (SSSR count). The third kappa shape index (κ3) is 4.47. The lowest BCUT2D eigenvalue weighted by Gasteiger charge is -2.29. The topological polar surface area (TPSA) is 21.3 Å². The molecule has 21 heavy (non-hydrogen) atoms. The molecule has 0 bridgehead atoms. The molecule has 1 aromatic rings. The first-order chi connectivity index (χ1) is 10.3. The van der Waals surface area contributed by atoms with Gasteiger partial charge in [0.25, 0.3) is 0 Å². The Hall–Kier alpha value is -1.02. The lowest BCUT2D eigenvalue weighted by Crippen LogP contribution is -2.28. The van der Waals surface area contributed by atoms with Crippen LogP contribution in [0.3, 0.4) is 0 Å². The quantitative estimate of drug-likeness (QED) is 0.743. The normalized spacial score (nSPS) is 18.2. The monoisotopic (exact) mass is 289 g/mol. The molecule has 1 atom stereocenters. The van der Waals surface area contributed by atoms with Crippen LogP contribution in [0.1, 0.15) is 69.5 Å². The second-order valence-corrected chi connectivity index (χ2v) is 6.26. The summed E-state index contributed by atoms with van der Waals surface area (Å²) in [5.41, 5.74) is 2.69. The molecule has 0 heterocycles. The van der Waals surface area contributed by atoms with E-state index in [1.54, 1.807) is 0 Å². The number of benzene rings is 1. The van der Waals surface area contributed by atoms with Crippen LogP contribution in [-0.4, -0.2) is 13.2 Å². The van der Waals surface area contributed by atoms with Crippen molar-refractivity contribution in [1.29, 1.82) is 0 Å². The maximum atomic E-state index is 5.90. The van der Waals surface area contributed by atoms with Crippen LogP contribution < -0.4 is 10.1 Å². The summed E-state index contributed by atoms with van der Waals surface area (Å²) in [5, 5.41) is 3.74. The van der Waals surface area contributed by atoms with Gasteiger partial charge in [0, 0.05) is 11.6 Å². The van der Waals surface area contributed by atoms with Crippen LogP contribution in [0.25, 0.3) is 0 Å². The van der Waals surface area contributed by atoms with Crippen molar-refractivity contribution in [2.75, 3.05) is 13.2 Å². The molecule has 1 aromatic carbocycles. The van der Waals surface area contributed by atoms with E-state index in [-0.39, 0.29) is 0 Å². The first-order valence-electron chi connectivity index (χ1n) is 8.73. The van der Waals surface area contributed by atoms with Gasteiger partial charge in [-0.25, -0.2) is 0 Å². The molecule has 0 aliphatic heterocycles. The number of aryl methyl sites for hydroxylation is 1. The number of nitrogens with one attached hydrogen (secondary N) is 1. The van der Waals surface area contributed by atoms with Crippen molar-refractivity contribution < 1.29 is 4.74 Å². The van der Waals surface area contributed by atoms with Crippen molar-refractivity contribution in [2.45, 2.75) is 65.3 Å². The molecule has 0 amide bonds. The van der Waals surface area contributed by atoms with Gasteiger partial charge in [0.2, 0.25) is 0 Å². The van der Waals surface area contributed by atoms with Gasteiger partial charge in [0.1, 0.15) is 5.75 Å². The second-order valence-electron chi connectivity index (χ2n) is 6.26. The van der Waals surface area contributed by atoms with Crippen LogP contribution in [-0.2, 0) is 0 Å². The molecule has 1 aliphatic carbocycles. The van der Waals surface area contributed by atoms with Crippen LogP contribution in [0.5, 0.6) is 5.75 Å². The highest BCUT2D eigenvalue weighted by atomic mass is 16.5. The zero-order valence-electron chi connectivity index (χ0n) is 14.0. The zero-order valence-corrected chi connectivity index (χ0v) is 14.0. The Morgan fingerprint density at radius 3 is 2.48 bits per heavy atom. The number of rotatable bonds is 6. The molecule has 118 valence electrons. The molecule has 1 unspecified atom stereocenters. The fourth-order valence-corrected chi connectivity index (χ4v) is 3.59. The Kier molecular flexibility index (Phi) is 6.56. The molecule has 0 aromatic heterocycles. The molecule has 1 aliphatic rings. The minimum atomic E-state index is 0.439. The van der Waals surface area contributed by atoms with E-state index in [1.807, 2.05) is 0 Å². The maximum absolute atomic E-state index is 5.90. The smallest absolute Gasteiger partial charge is 0.124 e. The van der Waals surface area contributed by atoms with Gasteiger partial charge in [0.05, 0.1) is 6.61 Å². The summed E-state index contributed by atoms with van der Waals surface area (Å²) in [6, 6.07) is 7.07. The van der Waals surface area contributed by atoms with Crippen LogP contribution in [0, 0.1) is 12.8 Å². The SMILES string of the molecule is CCNC(c1cc(C)ccc1OCC)C1CCCCCC1. The molecular weight excluding hydrogens is 258 g/mol. The maximum Gasteiger partial charge on any atom is 0.124 e. The summed E-state index contributed by atoms with van der Waals surface area (Å²) < 4.78 is 5.90. The van der Waals surface area contributed by atoms with E-state index in [1.165, 1.54) is 49.7 Å². The lowest BCUT2D eigenvalue weighted by atomic mass is 9.86. The standard InChI is InChI=1S/C19H31NO/c1-4-20-19(16-10-8-6-7-9-11-16)17-14-15(3)12-13-18(17)21-5-2/h12-14,16,19-20H,4-11H2,1-3H3. The summed E-state index contributed by atoms with van der Waals surface area (Å²) in [6.45, 7) is 8.20. The third-order valence-electron chi connectivity index (χ3n) is 4.60. The van der Waals surface area contributed by atoms with Gasteiger partial charge in [-0.3, -0.25) is 0 Å². The van der Waals surface area contributed by atoms with Gasteiger partial charge in [0.15, 0.2) is 0 Å². The number of ether oxygens (including phenoxy) is 1. The molecule has 2 heteroatoms. The van der Waals surface area contributed by atoms with Crippen molar-refractivity contribution in [3.05, 3.63) is 29.3 Å². The molecule has 1 fully saturated rings. The lowest BCUT2D eigenvalue weighted by molar-refractivity contribution is 0.299. The first-order valence-corrected chi connectivity index (χ1v) is 8.73. The summed E-state index contributed by atoms with van der Waals surface area (Å²) in [5.74, 6) is 1.81. The Balaban J connectivity index is 2.29. The fourth-order valence-electron chi connectivity index (χ4n) is 3.59. The van der Waals surface area contributed by atoms with E-state index >= 15 is 0 Å². The van der Waals surface area contributed by atoms with E-state index in [0.29, 0.717) is 6.04 Å². The van der Waals surface area contributed by atoms with E-state index in [0.717, 1.165) is 24.8 Å². The largest absolute Gasteiger partial charge is 0.494 e. The molecule has 1 N–H and O–H groups in total. The predicted molar refractivity (Wildman–Crippen MR) is 90.0 cm³/mol. The van der Waals surface area contributed by atoms with Gasteiger partial charge >= 0.3 is 0 Å². The zero-order chi connectivity index (χ0) is 15.1. The molecule has 0 saturated heterocycles. The minimum absolute atomic E-state index is 0.439. The van der Waals surface area contributed by atoms with E-state index in [9.17, 15) is 0 Å². The van der Waals surface area contributed by atoms with E-state index in [2.05, 4.69) is 44.3 Å². The Morgan fingerprint density at radius 2 is 1.86 bits per heavy atom. The summed E-state index contributed by atoms with van der Waals surface area (Å²) in [6.07, 6.45) is 8.25. The number of hydrogen-bond donors (Lipinski definition) is 1. The van der Waals surface area contributed by atoms with Gasteiger partial charge in [-0.1, -0.05) is 50.3 Å². The second kappa shape index (κ2) is 8.43. The van der Waals surface area contributed by atoms with Crippen molar-refractivity contribution >= 4 is 0 Å². The highest BCUT2D eigenvalue weighted by Crippen LogP contribution is 2.37. The number of hydrogen-bond acceptors (Lipinski definition) is 2. The van der Waals surface area contributed by atoms with Gasteiger partial charge < -0.3 is 10.1 Å². The predicted octanol–water partition coefficient (Wildman–Crippen LogP) is 5.01. The van der Waals surface area contributed by atoms with Crippen molar-refractivity contribution in [1.82, 2.24) is 5.32 Å².